The van der Waals surface area contributed by atoms with Crippen molar-refractivity contribution in [2.45, 2.75) is 37.6 Å². The molecule has 3 N–H and O–H groups in total. The molecule has 1 aliphatic heterocycles. The molecule has 2 rings (SSSR count). The van der Waals surface area contributed by atoms with Gasteiger partial charge in [-0.25, -0.2) is 17.5 Å². The molecule has 0 saturated carbocycles. The van der Waals surface area contributed by atoms with Gasteiger partial charge in [0, 0.05) is 23.8 Å². The lowest BCUT2D eigenvalue weighted by atomic mass is 10.2. The van der Waals surface area contributed by atoms with E-state index >= 15 is 0 Å². The maximum atomic E-state index is 13.7. The number of sulfonamides is 1. The lowest BCUT2D eigenvalue weighted by molar-refractivity contribution is 0.312. The molecule has 0 aliphatic carbocycles. The van der Waals surface area contributed by atoms with Crippen molar-refractivity contribution in [2.24, 2.45) is 0 Å². The second-order valence-electron chi connectivity index (χ2n) is 5.65. The zero-order chi connectivity index (χ0) is 15.6. The zero-order valence-corrected chi connectivity index (χ0v) is 13.2. The van der Waals surface area contributed by atoms with E-state index in [-0.39, 0.29) is 22.2 Å². The molecule has 0 radical (unpaired) electrons. The summed E-state index contributed by atoms with van der Waals surface area (Å²) in [5.74, 6) is -0.609. The highest BCUT2D eigenvalue weighted by Crippen LogP contribution is 2.21. The fraction of sp³-hybridized carbons (Fsp3) is 0.571. The minimum atomic E-state index is -3.76. The Morgan fingerprint density at radius 2 is 2.00 bits per heavy atom. The number of benzene rings is 1. The Labute approximate surface area is 125 Å². The van der Waals surface area contributed by atoms with Crippen LogP contribution in [0.5, 0.6) is 0 Å². The van der Waals surface area contributed by atoms with E-state index in [0.29, 0.717) is 6.54 Å². The van der Waals surface area contributed by atoms with Crippen LogP contribution in [-0.4, -0.2) is 39.0 Å². The molecule has 21 heavy (non-hydrogen) atoms. The van der Waals surface area contributed by atoms with Crippen LogP contribution in [0.25, 0.3) is 0 Å². The fourth-order valence-electron chi connectivity index (χ4n) is 2.55. The first-order chi connectivity index (χ1) is 9.79. The van der Waals surface area contributed by atoms with Gasteiger partial charge in [-0.2, -0.15) is 0 Å². The van der Waals surface area contributed by atoms with Crippen molar-refractivity contribution < 1.29 is 12.8 Å². The van der Waals surface area contributed by atoms with E-state index in [0.717, 1.165) is 32.0 Å². The van der Waals surface area contributed by atoms with Gasteiger partial charge in [0.15, 0.2) is 0 Å². The molecule has 118 valence electrons. The molecular formula is C14H22FN3O2S. The molecule has 5 nitrogen and oxygen atoms in total. The number of nitrogen functional groups attached to an aromatic ring is 1. The standard InChI is InChI=1S/C14H22FN3O2S/c1-10(9-18-5-3-4-6-18)17-21(19,20)12-7-13(15)11(2)14(16)8-12/h7-8,10,17H,3-6,9,16H2,1-2H3. The van der Waals surface area contributed by atoms with Crippen molar-refractivity contribution in [1.29, 1.82) is 0 Å². The molecule has 1 unspecified atom stereocenters. The predicted molar refractivity (Wildman–Crippen MR) is 81.0 cm³/mol. The monoisotopic (exact) mass is 315 g/mol. The van der Waals surface area contributed by atoms with Crippen LogP contribution in [0.1, 0.15) is 25.3 Å². The normalized spacial score (nSPS) is 18.0. The number of anilines is 1. The largest absolute Gasteiger partial charge is 0.398 e. The summed E-state index contributed by atoms with van der Waals surface area (Å²) in [6.45, 7) is 5.98. The quantitative estimate of drug-likeness (QED) is 0.807. The van der Waals surface area contributed by atoms with Crippen LogP contribution < -0.4 is 10.5 Å². The second kappa shape index (κ2) is 6.29. The number of hydrogen-bond acceptors (Lipinski definition) is 4. The molecule has 1 aliphatic rings. The van der Waals surface area contributed by atoms with Gasteiger partial charge in [-0.15, -0.1) is 0 Å². The lowest BCUT2D eigenvalue weighted by Crippen LogP contribution is -2.41. The highest BCUT2D eigenvalue weighted by atomic mass is 32.2. The number of hydrogen-bond donors (Lipinski definition) is 2. The Hall–Kier alpha value is -1.18. The average molecular weight is 315 g/mol. The average Bonchev–Trinajstić information content (AvgIpc) is 2.87. The molecule has 1 saturated heterocycles. The summed E-state index contributed by atoms with van der Waals surface area (Å²) >= 11 is 0. The van der Waals surface area contributed by atoms with Gasteiger partial charge in [0.2, 0.25) is 10.0 Å². The first-order valence-corrected chi connectivity index (χ1v) is 8.58. The number of likely N-dealkylation sites (tertiary alicyclic amines) is 1. The summed E-state index contributed by atoms with van der Waals surface area (Å²) in [6, 6.07) is 2.07. The van der Waals surface area contributed by atoms with Crippen molar-refractivity contribution in [3.63, 3.8) is 0 Å². The highest BCUT2D eigenvalue weighted by molar-refractivity contribution is 7.89. The Morgan fingerprint density at radius 1 is 1.38 bits per heavy atom. The fourth-order valence-corrected chi connectivity index (χ4v) is 3.83. The van der Waals surface area contributed by atoms with E-state index in [1.807, 2.05) is 6.92 Å². The van der Waals surface area contributed by atoms with E-state index in [9.17, 15) is 12.8 Å². The zero-order valence-electron chi connectivity index (χ0n) is 12.4. The third-order valence-electron chi connectivity index (χ3n) is 3.76. The van der Waals surface area contributed by atoms with Crippen molar-refractivity contribution in [1.82, 2.24) is 9.62 Å². The van der Waals surface area contributed by atoms with E-state index in [4.69, 9.17) is 5.73 Å². The molecule has 1 aromatic rings. The summed E-state index contributed by atoms with van der Waals surface area (Å²) in [7, 11) is -3.76. The van der Waals surface area contributed by atoms with Gasteiger partial charge >= 0.3 is 0 Å². The van der Waals surface area contributed by atoms with Crippen LogP contribution in [0, 0.1) is 12.7 Å². The Morgan fingerprint density at radius 3 is 2.57 bits per heavy atom. The van der Waals surface area contributed by atoms with Crippen molar-refractivity contribution in [3.05, 3.63) is 23.5 Å². The van der Waals surface area contributed by atoms with Gasteiger partial charge in [-0.3, -0.25) is 0 Å². The molecule has 0 amide bonds. The molecule has 7 heteroatoms. The van der Waals surface area contributed by atoms with Crippen LogP contribution in [0.15, 0.2) is 17.0 Å². The van der Waals surface area contributed by atoms with Crippen LogP contribution in [0.3, 0.4) is 0 Å². The summed E-state index contributed by atoms with van der Waals surface area (Å²) in [5, 5.41) is 0. The lowest BCUT2D eigenvalue weighted by Gasteiger charge is -2.21. The second-order valence-corrected chi connectivity index (χ2v) is 7.36. The van der Waals surface area contributed by atoms with E-state index in [1.54, 1.807) is 0 Å². The molecule has 1 fully saturated rings. The molecular weight excluding hydrogens is 293 g/mol. The summed E-state index contributed by atoms with van der Waals surface area (Å²) < 4.78 is 40.8. The minimum Gasteiger partial charge on any atom is -0.398 e. The topological polar surface area (TPSA) is 75.4 Å². The van der Waals surface area contributed by atoms with Crippen LogP contribution in [-0.2, 0) is 10.0 Å². The van der Waals surface area contributed by atoms with Gasteiger partial charge in [0.1, 0.15) is 5.82 Å². The third-order valence-corrected chi connectivity index (χ3v) is 5.32. The highest BCUT2D eigenvalue weighted by Gasteiger charge is 2.22. The van der Waals surface area contributed by atoms with Crippen LogP contribution in [0.2, 0.25) is 0 Å². The molecule has 1 atom stereocenters. The van der Waals surface area contributed by atoms with Crippen molar-refractivity contribution >= 4 is 15.7 Å². The number of rotatable bonds is 5. The molecule has 0 aromatic heterocycles. The minimum absolute atomic E-state index is 0.128. The molecule has 0 spiro atoms. The first kappa shape index (κ1) is 16.2. The predicted octanol–water partition coefficient (Wildman–Crippen LogP) is 1.48. The van der Waals surface area contributed by atoms with Crippen LogP contribution >= 0.6 is 0 Å². The number of nitrogens with two attached hydrogens (primary N) is 1. The van der Waals surface area contributed by atoms with Gasteiger partial charge in [-0.1, -0.05) is 0 Å². The van der Waals surface area contributed by atoms with E-state index < -0.39 is 15.8 Å². The smallest absolute Gasteiger partial charge is 0.241 e. The Balaban J connectivity index is 2.10. The Bertz CT molecular complexity index is 590. The SMILES string of the molecule is Cc1c(N)cc(S(=O)(=O)NC(C)CN2CCCC2)cc1F. The Kier molecular flexibility index (Phi) is 4.85. The number of halogens is 1. The number of nitrogens with zero attached hydrogens (tertiary/aromatic N) is 1. The third kappa shape index (κ3) is 3.93. The van der Waals surface area contributed by atoms with Gasteiger partial charge in [0.25, 0.3) is 0 Å². The van der Waals surface area contributed by atoms with Gasteiger partial charge in [0.05, 0.1) is 4.90 Å². The van der Waals surface area contributed by atoms with Crippen LogP contribution in [0.4, 0.5) is 10.1 Å². The molecule has 1 heterocycles. The first-order valence-electron chi connectivity index (χ1n) is 7.10. The van der Waals surface area contributed by atoms with Gasteiger partial charge in [-0.05, 0) is 51.9 Å². The van der Waals surface area contributed by atoms with E-state index in [2.05, 4.69) is 9.62 Å². The van der Waals surface area contributed by atoms with Gasteiger partial charge < -0.3 is 10.6 Å². The summed E-state index contributed by atoms with van der Waals surface area (Å²) in [5.41, 5.74) is 6.04. The maximum Gasteiger partial charge on any atom is 0.241 e. The molecule has 1 aromatic carbocycles. The van der Waals surface area contributed by atoms with E-state index in [1.165, 1.54) is 13.0 Å². The number of nitrogens with one attached hydrogen (secondary N) is 1. The molecule has 0 bridgehead atoms. The van der Waals surface area contributed by atoms with Crippen molar-refractivity contribution in [3.8, 4) is 0 Å². The van der Waals surface area contributed by atoms with Crippen molar-refractivity contribution in [2.75, 3.05) is 25.4 Å². The summed E-state index contributed by atoms with van der Waals surface area (Å²) in [4.78, 5) is 2.09. The summed E-state index contributed by atoms with van der Waals surface area (Å²) in [6.07, 6.45) is 2.30. The maximum absolute atomic E-state index is 13.7.